The summed E-state index contributed by atoms with van der Waals surface area (Å²) in [5, 5.41) is 1.89. The van der Waals surface area contributed by atoms with Crippen LogP contribution < -0.4 is 10.3 Å². The van der Waals surface area contributed by atoms with Crippen LogP contribution in [-0.4, -0.2) is 32.0 Å². The molecule has 0 atom stereocenters. The van der Waals surface area contributed by atoms with E-state index in [4.69, 9.17) is 14.1 Å². The molecule has 0 unspecified atom stereocenters. The van der Waals surface area contributed by atoms with E-state index in [1.165, 1.54) is 11.3 Å². The molecule has 0 aliphatic carbocycles. The van der Waals surface area contributed by atoms with Gasteiger partial charge in [-0.15, -0.1) is 11.3 Å². The number of anilines is 1. The second kappa shape index (κ2) is 8.26. The number of thiophene rings is 1. The third-order valence-electron chi connectivity index (χ3n) is 5.06. The number of rotatable bonds is 4. The van der Waals surface area contributed by atoms with Crippen LogP contribution >= 0.6 is 11.3 Å². The number of hydrogen-bond acceptors (Lipinski definition) is 6. The molecule has 0 spiro atoms. The van der Waals surface area contributed by atoms with Crippen LogP contribution in [0.5, 0.6) is 0 Å². The molecule has 6 heteroatoms. The average molecular weight is 417 g/mol. The molecule has 1 aliphatic heterocycles. The van der Waals surface area contributed by atoms with Gasteiger partial charge in [-0.3, -0.25) is 4.79 Å². The average Bonchev–Trinajstić information content (AvgIpc) is 3.22. The lowest BCUT2D eigenvalue weighted by Gasteiger charge is -2.27. The number of nitrogens with zero attached hydrogens (tertiary/aromatic N) is 2. The van der Waals surface area contributed by atoms with Crippen LogP contribution in [0.15, 0.2) is 86.3 Å². The molecule has 0 N–H and O–H groups in total. The summed E-state index contributed by atoms with van der Waals surface area (Å²) < 4.78 is 12.2. The minimum atomic E-state index is -0.0369. The topological polar surface area (TPSA) is 55.0 Å². The zero-order valence-corrected chi connectivity index (χ0v) is 17.1. The van der Waals surface area contributed by atoms with Crippen molar-refractivity contribution in [2.75, 3.05) is 31.2 Å². The predicted molar refractivity (Wildman–Crippen MR) is 122 cm³/mol. The van der Waals surface area contributed by atoms with E-state index in [0.29, 0.717) is 48.2 Å². The Balaban J connectivity index is 1.66. The summed E-state index contributed by atoms with van der Waals surface area (Å²) in [5.41, 5.74) is 4.04. The lowest BCUT2D eigenvalue weighted by Crippen LogP contribution is -2.36. The van der Waals surface area contributed by atoms with Gasteiger partial charge in [0.15, 0.2) is 11.5 Å². The van der Waals surface area contributed by atoms with Gasteiger partial charge in [-0.25, -0.2) is 4.99 Å². The number of hydrogen-bond donors (Lipinski definition) is 0. The van der Waals surface area contributed by atoms with Crippen molar-refractivity contribution in [2.24, 2.45) is 4.99 Å². The summed E-state index contributed by atoms with van der Waals surface area (Å²) in [4.78, 5) is 19.7. The Hall–Kier alpha value is -3.22. The maximum absolute atomic E-state index is 12.7. The van der Waals surface area contributed by atoms with Gasteiger partial charge in [0.1, 0.15) is 10.4 Å². The van der Waals surface area contributed by atoms with Crippen LogP contribution in [0.1, 0.15) is 11.1 Å². The molecule has 0 saturated carbocycles. The number of ether oxygens (including phenoxy) is 1. The quantitative estimate of drug-likeness (QED) is 0.446. The molecular formula is C24H20N2O3S. The van der Waals surface area contributed by atoms with Crippen LogP contribution in [0.2, 0.25) is 0 Å². The highest BCUT2D eigenvalue weighted by molar-refractivity contribution is 7.17. The van der Waals surface area contributed by atoms with E-state index in [-0.39, 0.29) is 5.43 Å². The smallest absolute Gasteiger partial charge is 0.204 e. The maximum Gasteiger partial charge on any atom is 0.204 e. The Morgan fingerprint density at radius 1 is 0.933 bits per heavy atom. The summed E-state index contributed by atoms with van der Waals surface area (Å²) in [7, 11) is 0. The van der Waals surface area contributed by atoms with Crippen LogP contribution in [0.3, 0.4) is 0 Å². The molecule has 1 fully saturated rings. The number of morpholine rings is 1. The third kappa shape index (κ3) is 3.67. The maximum atomic E-state index is 12.7. The van der Waals surface area contributed by atoms with E-state index in [9.17, 15) is 4.79 Å². The van der Waals surface area contributed by atoms with Crippen LogP contribution in [0, 0.1) is 0 Å². The fraction of sp³-hybridized carbons (Fsp3) is 0.167. The highest BCUT2D eigenvalue weighted by atomic mass is 32.1. The molecular weight excluding hydrogens is 396 g/mol. The zero-order valence-electron chi connectivity index (χ0n) is 16.3. The standard InChI is InChI=1S/C24H20N2O3S/c27-20-15-21(26-11-13-28-14-12-26)29-23-19(16-30-24(20)23)25-22(17-7-3-1-4-8-17)18-9-5-2-6-10-18/h1-10,15-16H,11-14H2. The van der Waals surface area contributed by atoms with E-state index < -0.39 is 0 Å². The Morgan fingerprint density at radius 2 is 1.57 bits per heavy atom. The number of aliphatic imine (C=N–C) groups is 1. The Bertz CT molecular complexity index is 1200. The van der Waals surface area contributed by atoms with Gasteiger partial charge in [0.05, 0.1) is 18.9 Å². The van der Waals surface area contributed by atoms with Gasteiger partial charge in [-0.1, -0.05) is 60.7 Å². The Morgan fingerprint density at radius 3 is 2.20 bits per heavy atom. The first kappa shape index (κ1) is 18.8. The molecule has 150 valence electrons. The van der Waals surface area contributed by atoms with E-state index >= 15 is 0 Å². The van der Waals surface area contributed by atoms with Crippen molar-refractivity contribution < 1.29 is 9.15 Å². The van der Waals surface area contributed by atoms with Gasteiger partial charge in [0, 0.05) is 35.7 Å². The van der Waals surface area contributed by atoms with Crippen molar-refractivity contribution in [1.82, 2.24) is 0 Å². The zero-order chi connectivity index (χ0) is 20.3. The molecule has 1 aliphatic rings. The molecule has 2 aromatic heterocycles. The van der Waals surface area contributed by atoms with Crippen molar-refractivity contribution in [2.45, 2.75) is 0 Å². The second-order valence-electron chi connectivity index (χ2n) is 7.02. The molecule has 5 nitrogen and oxygen atoms in total. The molecule has 3 heterocycles. The van der Waals surface area contributed by atoms with Crippen molar-refractivity contribution in [3.63, 3.8) is 0 Å². The summed E-state index contributed by atoms with van der Waals surface area (Å²) in [6.45, 7) is 2.66. The van der Waals surface area contributed by atoms with Crippen LogP contribution in [0.4, 0.5) is 11.6 Å². The molecule has 1 saturated heterocycles. The lowest BCUT2D eigenvalue weighted by atomic mass is 10.0. The summed E-state index contributed by atoms with van der Waals surface area (Å²) in [6.07, 6.45) is 0. The molecule has 2 aromatic carbocycles. The van der Waals surface area contributed by atoms with Gasteiger partial charge in [-0.05, 0) is 0 Å². The Labute approximate surface area is 177 Å². The monoisotopic (exact) mass is 416 g/mol. The van der Waals surface area contributed by atoms with Crippen molar-refractivity contribution in [1.29, 1.82) is 0 Å². The van der Waals surface area contributed by atoms with E-state index in [1.807, 2.05) is 70.9 Å². The highest BCUT2D eigenvalue weighted by Gasteiger charge is 2.18. The molecule has 0 bridgehead atoms. The summed E-state index contributed by atoms with van der Waals surface area (Å²) in [6, 6.07) is 21.7. The van der Waals surface area contributed by atoms with Gasteiger partial charge in [-0.2, -0.15) is 0 Å². The highest BCUT2D eigenvalue weighted by Crippen LogP contribution is 2.34. The van der Waals surface area contributed by atoms with Crippen molar-refractivity contribution >= 4 is 38.9 Å². The number of fused-ring (bicyclic) bond motifs is 1. The van der Waals surface area contributed by atoms with Crippen LogP contribution in [-0.2, 0) is 4.74 Å². The molecule has 30 heavy (non-hydrogen) atoms. The second-order valence-corrected chi connectivity index (χ2v) is 7.90. The van der Waals surface area contributed by atoms with Gasteiger partial charge < -0.3 is 14.1 Å². The fourth-order valence-electron chi connectivity index (χ4n) is 3.54. The van der Waals surface area contributed by atoms with Crippen molar-refractivity contribution in [3.05, 3.63) is 93.5 Å². The van der Waals surface area contributed by atoms with Gasteiger partial charge in [0.25, 0.3) is 0 Å². The predicted octanol–water partition coefficient (Wildman–Crippen LogP) is 4.86. The first-order chi connectivity index (χ1) is 14.8. The van der Waals surface area contributed by atoms with Gasteiger partial charge in [0.2, 0.25) is 5.43 Å². The minimum absolute atomic E-state index is 0.0369. The third-order valence-corrected chi connectivity index (χ3v) is 6.03. The van der Waals surface area contributed by atoms with Gasteiger partial charge >= 0.3 is 0 Å². The molecule has 0 amide bonds. The summed E-state index contributed by atoms with van der Waals surface area (Å²) >= 11 is 1.37. The van der Waals surface area contributed by atoms with Crippen LogP contribution in [0.25, 0.3) is 10.3 Å². The molecule has 5 rings (SSSR count). The largest absolute Gasteiger partial charge is 0.437 e. The Kier molecular flexibility index (Phi) is 5.17. The van der Waals surface area contributed by atoms with E-state index in [0.717, 1.165) is 16.8 Å². The first-order valence-corrected chi connectivity index (χ1v) is 10.7. The van der Waals surface area contributed by atoms with Crippen molar-refractivity contribution in [3.8, 4) is 0 Å². The van der Waals surface area contributed by atoms with E-state index in [2.05, 4.69) is 0 Å². The normalized spacial score (nSPS) is 14.1. The SMILES string of the molecule is O=c1cc(N2CCOCC2)oc2c(N=C(c3ccccc3)c3ccccc3)csc12. The van der Waals surface area contributed by atoms with E-state index in [1.54, 1.807) is 6.07 Å². The molecule has 0 radical (unpaired) electrons. The lowest BCUT2D eigenvalue weighted by molar-refractivity contribution is 0.121. The number of benzene rings is 2. The first-order valence-electron chi connectivity index (χ1n) is 9.87. The molecule has 4 aromatic rings. The fourth-order valence-corrected chi connectivity index (χ4v) is 4.36. The minimum Gasteiger partial charge on any atom is -0.437 e. The summed E-state index contributed by atoms with van der Waals surface area (Å²) in [5.74, 6) is 0.576.